The summed E-state index contributed by atoms with van der Waals surface area (Å²) in [6.45, 7) is 2.14. The van der Waals surface area contributed by atoms with Crippen molar-refractivity contribution in [1.29, 1.82) is 0 Å². The van der Waals surface area contributed by atoms with Crippen LogP contribution < -0.4 is 5.32 Å². The topological polar surface area (TPSA) is 49.4 Å². The Hall–Kier alpha value is -1.55. The molecule has 2 fully saturated rings. The van der Waals surface area contributed by atoms with Crippen LogP contribution in [0.2, 0.25) is 5.02 Å². The lowest BCUT2D eigenvalue weighted by Crippen LogP contribution is -2.62. The van der Waals surface area contributed by atoms with Gasteiger partial charge in [-0.2, -0.15) is 0 Å². The summed E-state index contributed by atoms with van der Waals surface area (Å²) in [6.07, 6.45) is 9.81. The zero-order valence-corrected chi connectivity index (χ0v) is 17.0. The number of unbranched alkanes of at least 4 members (excludes halogenated alkanes) is 1. The first-order chi connectivity index (χ1) is 13.1. The average Bonchev–Trinajstić information content (AvgIpc) is 2.66. The van der Waals surface area contributed by atoms with E-state index in [0.717, 1.165) is 68.4 Å². The average molecular weight is 391 g/mol. The van der Waals surface area contributed by atoms with Gasteiger partial charge in [0.05, 0.1) is 5.92 Å². The summed E-state index contributed by atoms with van der Waals surface area (Å²) in [6, 6.07) is 7.69. The maximum absolute atomic E-state index is 13.3. The van der Waals surface area contributed by atoms with E-state index in [2.05, 4.69) is 18.3 Å². The van der Waals surface area contributed by atoms with E-state index in [1.165, 1.54) is 6.42 Å². The maximum atomic E-state index is 13.3. The number of aryl methyl sites for hydroxylation is 1. The normalized spacial score (nSPS) is 24.1. The molecule has 3 amide bonds. The minimum Gasteiger partial charge on any atom is -0.334 e. The van der Waals surface area contributed by atoms with Crippen LogP contribution in [-0.2, 0) is 11.2 Å². The monoisotopic (exact) mass is 390 g/mol. The van der Waals surface area contributed by atoms with Gasteiger partial charge in [0.2, 0.25) is 5.91 Å². The number of amides is 3. The molecule has 27 heavy (non-hydrogen) atoms. The number of benzene rings is 1. The molecule has 1 aliphatic heterocycles. The third-order valence-electron chi connectivity index (χ3n) is 6.01. The SMILES string of the molecule is CCCCC1NC(=O)N(C2CCCCC2)C(=O)C1CCc1cccc(Cl)c1. The lowest BCUT2D eigenvalue weighted by molar-refractivity contribution is -0.138. The van der Waals surface area contributed by atoms with Gasteiger partial charge in [0.15, 0.2) is 0 Å². The van der Waals surface area contributed by atoms with Gasteiger partial charge in [-0.25, -0.2) is 4.79 Å². The first kappa shape index (κ1) is 20.2. The third kappa shape index (κ3) is 5.04. The molecule has 5 heteroatoms. The van der Waals surface area contributed by atoms with Crippen LogP contribution in [0.4, 0.5) is 4.79 Å². The number of hydrogen-bond acceptors (Lipinski definition) is 2. The lowest BCUT2D eigenvalue weighted by atomic mass is 9.85. The Morgan fingerprint density at radius 1 is 1.15 bits per heavy atom. The predicted molar refractivity (Wildman–Crippen MR) is 109 cm³/mol. The molecule has 1 aromatic rings. The summed E-state index contributed by atoms with van der Waals surface area (Å²) in [5.41, 5.74) is 1.14. The van der Waals surface area contributed by atoms with Crippen LogP contribution >= 0.6 is 11.6 Å². The Bertz CT molecular complexity index is 657. The molecule has 2 aliphatic rings. The second-order valence-corrected chi connectivity index (χ2v) is 8.41. The van der Waals surface area contributed by atoms with Crippen molar-refractivity contribution in [3.8, 4) is 0 Å². The second kappa shape index (κ2) is 9.59. The van der Waals surface area contributed by atoms with Gasteiger partial charge in [-0.1, -0.05) is 62.8 Å². The minimum absolute atomic E-state index is 0.0359. The van der Waals surface area contributed by atoms with Crippen molar-refractivity contribution in [2.45, 2.75) is 83.2 Å². The molecule has 1 saturated heterocycles. The number of rotatable bonds is 7. The van der Waals surface area contributed by atoms with Crippen LogP contribution in [0.25, 0.3) is 0 Å². The lowest BCUT2D eigenvalue weighted by Gasteiger charge is -2.42. The zero-order valence-electron chi connectivity index (χ0n) is 16.3. The molecule has 2 unspecified atom stereocenters. The number of nitrogens with one attached hydrogen (secondary N) is 1. The third-order valence-corrected chi connectivity index (χ3v) is 6.24. The molecule has 1 heterocycles. The first-order valence-electron chi connectivity index (χ1n) is 10.5. The van der Waals surface area contributed by atoms with Crippen molar-refractivity contribution in [3.63, 3.8) is 0 Å². The highest BCUT2D eigenvalue weighted by molar-refractivity contribution is 6.30. The minimum atomic E-state index is -0.174. The van der Waals surface area contributed by atoms with E-state index in [0.29, 0.717) is 0 Å². The van der Waals surface area contributed by atoms with Gasteiger partial charge in [-0.3, -0.25) is 9.69 Å². The van der Waals surface area contributed by atoms with E-state index >= 15 is 0 Å². The Kier molecular flexibility index (Phi) is 7.17. The molecule has 2 atom stereocenters. The zero-order chi connectivity index (χ0) is 19.2. The van der Waals surface area contributed by atoms with Crippen LogP contribution in [0, 0.1) is 5.92 Å². The van der Waals surface area contributed by atoms with Crippen molar-refractivity contribution in [3.05, 3.63) is 34.9 Å². The van der Waals surface area contributed by atoms with Crippen LogP contribution in [0.3, 0.4) is 0 Å². The number of imide groups is 1. The van der Waals surface area contributed by atoms with Crippen LogP contribution in [0.5, 0.6) is 0 Å². The summed E-state index contributed by atoms with van der Waals surface area (Å²) in [5.74, 6) is -0.107. The van der Waals surface area contributed by atoms with E-state index in [4.69, 9.17) is 11.6 Å². The van der Waals surface area contributed by atoms with Crippen molar-refractivity contribution in [1.82, 2.24) is 10.2 Å². The molecule has 1 aliphatic carbocycles. The van der Waals surface area contributed by atoms with Crippen molar-refractivity contribution in [2.75, 3.05) is 0 Å². The van der Waals surface area contributed by atoms with Gasteiger partial charge in [0.25, 0.3) is 0 Å². The van der Waals surface area contributed by atoms with Gasteiger partial charge < -0.3 is 5.32 Å². The fourth-order valence-electron chi connectivity index (χ4n) is 4.50. The van der Waals surface area contributed by atoms with Gasteiger partial charge in [0.1, 0.15) is 0 Å². The fraction of sp³-hybridized carbons (Fsp3) is 0.636. The second-order valence-electron chi connectivity index (χ2n) is 7.97. The molecule has 1 aromatic carbocycles. The summed E-state index contributed by atoms with van der Waals surface area (Å²) in [4.78, 5) is 27.6. The summed E-state index contributed by atoms with van der Waals surface area (Å²) in [5, 5.41) is 3.89. The van der Waals surface area contributed by atoms with E-state index < -0.39 is 0 Å². The van der Waals surface area contributed by atoms with Gasteiger partial charge in [-0.05, 0) is 49.8 Å². The highest BCUT2D eigenvalue weighted by Crippen LogP contribution is 2.30. The highest BCUT2D eigenvalue weighted by Gasteiger charge is 2.43. The first-order valence-corrected chi connectivity index (χ1v) is 10.9. The van der Waals surface area contributed by atoms with Gasteiger partial charge in [0, 0.05) is 17.1 Å². The van der Waals surface area contributed by atoms with Crippen LogP contribution in [0.15, 0.2) is 24.3 Å². The molecule has 0 aromatic heterocycles. The molecule has 1 N–H and O–H groups in total. The van der Waals surface area contributed by atoms with Crippen molar-refractivity contribution >= 4 is 23.5 Å². The number of halogens is 1. The Balaban J connectivity index is 1.74. The van der Waals surface area contributed by atoms with E-state index in [1.54, 1.807) is 4.90 Å². The molecule has 1 saturated carbocycles. The molecule has 0 bridgehead atoms. The fourth-order valence-corrected chi connectivity index (χ4v) is 4.71. The van der Waals surface area contributed by atoms with E-state index in [1.807, 2.05) is 18.2 Å². The van der Waals surface area contributed by atoms with Crippen molar-refractivity contribution in [2.24, 2.45) is 5.92 Å². The van der Waals surface area contributed by atoms with Crippen LogP contribution in [0.1, 0.15) is 70.3 Å². The van der Waals surface area contributed by atoms with Gasteiger partial charge in [-0.15, -0.1) is 0 Å². The Morgan fingerprint density at radius 3 is 2.63 bits per heavy atom. The standard InChI is InChI=1S/C22H31ClN2O2/c1-2-3-12-20-19(14-13-16-8-7-9-17(23)15-16)21(26)25(22(27)24-20)18-10-5-4-6-11-18/h7-9,15,18-20H,2-6,10-14H2,1H3,(H,24,27). The summed E-state index contributed by atoms with van der Waals surface area (Å²) >= 11 is 6.10. The van der Waals surface area contributed by atoms with Crippen LogP contribution in [-0.4, -0.2) is 28.9 Å². The van der Waals surface area contributed by atoms with E-state index in [9.17, 15) is 9.59 Å². The van der Waals surface area contributed by atoms with Crippen molar-refractivity contribution < 1.29 is 9.59 Å². The molecule has 0 radical (unpaired) electrons. The van der Waals surface area contributed by atoms with E-state index in [-0.39, 0.29) is 29.9 Å². The molecular weight excluding hydrogens is 360 g/mol. The maximum Gasteiger partial charge on any atom is 0.324 e. The molecule has 3 rings (SSSR count). The predicted octanol–water partition coefficient (Wildman–Crippen LogP) is 5.33. The largest absolute Gasteiger partial charge is 0.334 e. The summed E-state index contributed by atoms with van der Waals surface area (Å²) in [7, 11) is 0. The Labute approximate surface area is 167 Å². The number of carbonyl (C=O) groups is 2. The van der Waals surface area contributed by atoms with Gasteiger partial charge >= 0.3 is 6.03 Å². The summed E-state index contributed by atoms with van der Waals surface area (Å²) < 4.78 is 0. The number of hydrogen-bond donors (Lipinski definition) is 1. The number of carbonyl (C=O) groups excluding carboxylic acids is 2. The molecule has 148 valence electrons. The Morgan fingerprint density at radius 2 is 1.93 bits per heavy atom. The molecular formula is C22H31ClN2O2. The smallest absolute Gasteiger partial charge is 0.324 e. The highest BCUT2D eigenvalue weighted by atomic mass is 35.5. The molecule has 0 spiro atoms. The number of nitrogens with zero attached hydrogens (tertiary/aromatic N) is 1. The quantitative estimate of drug-likeness (QED) is 0.683. The molecule has 4 nitrogen and oxygen atoms in total. The number of urea groups is 1.